The molecule has 2 aromatic rings. The molecule has 0 bridgehead atoms. The molecule has 2 rings (SSSR count). The van der Waals surface area contributed by atoms with E-state index in [1.165, 1.54) is 5.56 Å². The Hall–Kier alpha value is -2.00. The fourth-order valence-electron chi connectivity index (χ4n) is 2.32. The third-order valence-corrected chi connectivity index (χ3v) is 3.70. The first kappa shape index (κ1) is 15.4. The van der Waals surface area contributed by atoms with Gasteiger partial charge in [0.05, 0.1) is 24.9 Å². The van der Waals surface area contributed by atoms with Crippen molar-refractivity contribution in [1.29, 1.82) is 0 Å². The normalized spacial score (nSPS) is 13.5. The summed E-state index contributed by atoms with van der Waals surface area (Å²) in [6.45, 7) is 2.10. The van der Waals surface area contributed by atoms with Crippen LogP contribution in [0.4, 0.5) is 5.69 Å². The predicted molar refractivity (Wildman–Crippen MR) is 86.9 cm³/mol. The van der Waals surface area contributed by atoms with Crippen molar-refractivity contribution in [2.75, 3.05) is 19.0 Å². The minimum absolute atomic E-state index is 0.0673. The Balaban J connectivity index is 2.06. The molecule has 2 aromatic carbocycles. The van der Waals surface area contributed by atoms with Crippen LogP contribution in [0, 0.1) is 0 Å². The van der Waals surface area contributed by atoms with Crippen LogP contribution in [0.3, 0.4) is 0 Å². The number of benzene rings is 2. The average molecular weight is 285 g/mol. The summed E-state index contributed by atoms with van der Waals surface area (Å²) >= 11 is 0. The van der Waals surface area contributed by atoms with Crippen molar-refractivity contribution in [2.24, 2.45) is 0 Å². The lowest BCUT2D eigenvalue weighted by Crippen LogP contribution is -2.39. The minimum atomic E-state index is -0.384. The molecule has 0 aromatic heterocycles. The van der Waals surface area contributed by atoms with Crippen LogP contribution in [0.5, 0.6) is 5.75 Å². The van der Waals surface area contributed by atoms with Crippen LogP contribution in [-0.2, 0) is 6.42 Å². The summed E-state index contributed by atoms with van der Waals surface area (Å²) in [7, 11) is 1.65. The molecule has 0 saturated heterocycles. The van der Waals surface area contributed by atoms with Gasteiger partial charge in [0.2, 0.25) is 0 Å². The van der Waals surface area contributed by atoms with Crippen LogP contribution in [-0.4, -0.2) is 24.4 Å². The molecule has 0 spiro atoms. The summed E-state index contributed by atoms with van der Waals surface area (Å²) in [5.74, 6) is 0.789. The fraction of sp³-hybridized carbons (Fsp3) is 0.333. The average Bonchev–Trinajstić information content (AvgIpc) is 2.54. The minimum Gasteiger partial charge on any atom is -0.495 e. The second-order valence-corrected chi connectivity index (χ2v) is 5.53. The van der Waals surface area contributed by atoms with Crippen LogP contribution >= 0.6 is 0 Å². The third-order valence-electron chi connectivity index (χ3n) is 3.70. The Morgan fingerprint density at radius 1 is 1.05 bits per heavy atom. The lowest BCUT2D eigenvalue weighted by Gasteiger charge is -2.30. The second kappa shape index (κ2) is 7.14. The lowest BCUT2D eigenvalue weighted by atomic mass is 9.93. The zero-order valence-corrected chi connectivity index (χ0v) is 12.7. The van der Waals surface area contributed by atoms with Crippen molar-refractivity contribution < 1.29 is 9.84 Å². The molecule has 0 unspecified atom stereocenters. The molecule has 0 amide bonds. The zero-order chi connectivity index (χ0) is 15.1. The van der Waals surface area contributed by atoms with Gasteiger partial charge < -0.3 is 15.2 Å². The number of hydrogen-bond donors (Lipinski definition) is 2. The van der Waals surface area contributed by atoms with E-state index in [9.17, 15) is 5.11 Å². The van der Waals surface area contributed by atoms with Gasteiger partial charge in [0.25, 0.3) is 0 Å². The summed E-state index contributed by atoms with van der Waals surface area (Å²) < 4.78 is 5.35. The van der Waals surface area contributed by atoms with E-state index in [4.69, 9.17) is 4.74 Å². The topological polar surface area (TPSA) is 41.5 Å². The first-order chi connectivity index (χ1) is 10.2. The van der Waals surface area contributed by atoms with Crippen molar-refractivity contribution in [3.63, 3.8) is 0 Å². The summed E-state index contributed by atoms with van der Waals surface area (Å²) in [6, 6.07) is 18.1. The van der Waals surface area contributed by atoms with Crippen molar-refractivity contribution in [3.05, 3.63) is 60.2 Å². The molecule has 3 heteroatoms. The number of methoxy groups -OCH3 is 1. The van der Waals surface area contributed by atoms with Gasteiger partial charge in [-0.2, -0.15) is 0 Å². The molecule has 0 heterocycles. The summed E-state index contributed by atoms with van der Waals surface area (Å²) in [5.41, 5.74) is 1.80. The van der Waals surface area contributed by atoms with E-state index in [1.54, 1.807) is 7.11 Å². The van der Waals surface area contributed by atoms with E-state index in [1.807, 2.05) is 49.4 Å². The largest absolute Gasteiger partial charge is 0.495 e. The molecule has 2 N–H and O–H groups in total. The van der Waals surface area contributed by atoms with Gasteiger partial charge in [-0.3, -0.25) is 0 Å². The molecular weight excluding hydrogens is 262 g/mol. The first-order valence-corrected chi connectivity index (χ1v) is 7.23. The molecule has 0 radical (unpaired) electrons. The molecule has 21 heavy (non-hydrogen) atoms. The lowest BCUT2D eigenvalue weighted by molar-refractivity contribution is 0.214. The number of ether oxygens (including phenoxy) is 1. The molecule has 0 aliphatic rings. The number of nitrogens with one attached hydrogen (secondary N) is 1. The van der Waals surface area contributed by atoms with Crippen LogP contribution in [0.2, 0.25) is 0 Å². The number of rotatable bonds is 7. The molecule has 1 atom stereocenters. The van der Waals surface area contributed by atoms with Gasteiger partial charge in [0.1, 0.15) is 5.75 Å². The van der Waals surface area contributed by atoms with Crippen molar-refractivity contribution in [3.8, 4) is 5.75 Å². The molecule has 0 aliphatic carbocycles. The first-order valence-electron chi connectivity index (χ1n) is 7.23. The third kappa shape index (κ3) is 4.23. The highest BCUT2D eigenvalue weighted by atomic mass is 16.5. The van der Waals surface area contributed by atoms with E-state index in [0.717, 1.165) is 24.3 Å². The summed E-state index contributed by atoms with van der Waals surface area (Å²) in [6.07, 6.45) is 1.76. The Kier molecular flexibility index (Phi) is 5.23. The highest BCUT2D eigenvalue weighted by Gasteiger charge is 2.24. The maximum Gasteiger partial charge on any atom is 0.141 e. The molecule has 0 fully saturated rings. The Morgan fingerprint density at radius 2 is 1.71 bits per heavy atom. The maximum atomic E-state index is 9.78. The van der Waals surface area contributed by atoms with Gasteiger partial charge in [-0.15, -0.1) is 0 Å². The Labute approximate surface area is 126 Å². The number of aliphatic hydroxyl groups is 1. The van der Waals surface area contributed by atoms with Crippen molar-refractivity contribution >= 4 is 5.69 Å². The van der Waals surface area contributed by atoms with Gasteiger partial charge in [-0.25, -0.2) is 0 Å². The molecular formula is C18H23NO2. The number of hydrogen-bond acceptors (Lipinski definition) is 3. The van der Waals surface area contributed by atoms with E-state index in [2.05, 4.69) is 17.4 Å². The Morgan fingerprint density at radius 3 is 2.38 bits per heavy atom. The van der Waals surface area contributed by atoms with Crippen LogP contribution in [0.25, 0.3) is 0 Å². The smallest absolute Gasteiger partial charge is 0.141 e. The van der Waals surface area contributed by atoms with Gasteiger partial charge >= 0.3 is 0 Å². The number of anilines is 1. The predicted octanol–water partition coefficient (Wildman–Crippen LogP) is 3.49. The molecule has 3 nitrogen and oxygen atoms in total. The van der Waals surface area contributed by atoms with E-state index >= 15 is 0 Å². The molecule has 0 saturated carbocycles. The molecule has 112 valence electrons. The van der Waals surface area contributed by atoms with Crippen molar-refractivity contribution in [1.82, 2.24) is 0 Å². The SMILES string of the molecule is COc1ccccc1N[C@@](C)(CO)CCc1ccccc1. The number of aliphatic hydroxyl groups excluding tert-OH is 1. The van der Waals surface area contributed by atoms with Crippen molar-refractivity contribution in [2.45, 2.75) is 25.3 Å². The standard InChI is InChI=1S/C18H23NO2/c1-18(14-20,13-12-15-8-4-3-5-9-15)19-16-10-6-7-11-17(16)21-2/h3-11,19-20H,12-14H2,1-2H3/t18-/m1/s1. The van der Waals surface area contributed by atoms with Gasteiger partial charge in [0.15, 0.2) is 0 Å². The highest BCUT2D eigenvalue weighted by Crippen LogP contribution is 2.28. The maximum absolute atomic E-state index is 9.78. The highest BCUT2D eigenvalue weighted by molar-refractivity contribution is 5.57. The van der Waals surface area contributed by atoms with Crippen LogP contribution < -0.4 is 10.1 Å². The second-order valence-electron chi connectivity index (χ2n) is 5.53. The van der Waals surface area contributed by atoms with E-state index < -0.39 is 0 Å². The van der Waals surface area contributed by atoms with Gasteiger partial charge in [0, 0.05) is 0 Å². The number of aryl methyl sites for hydroxylation is 1. The summed E-state index contributed by atoms with van der Waals surface area (Å²) in [5, 5.41) is 13.2. The van der Waals surface area contributed by atoms with Gasteiger partial charge in [-0.1, -0.05) is 42.5 Å². The quantitative estimate of drug-likeness (QED) is 0.818. The zero-order valence-electron chi connectivity index (χ0n) is 12.7. The van der Waals surface area contributed by atoms with E-state index in [0.29, 0.717) is 0 Å². The van der Waals surface area contributed by atoms with Gasteiger partial charge in [-0.05, 0) is 37.5 Å². The number of para-hydroxylation sites is 2. The molecule has 0 aliphatic heterocycles. The fourth-order valence-corrected chi connectivity index (χ4v) is 2.32. The summed E-state index contributed by atoms with van der Waals surface area (Å²) in [4.78, 5) is 0. The van der Waals surface area contributed by atoms with Crippen LogP contribution in [0.15, 0.2) is 54.6 Å². The van der Waals surface area contributed by atoms with Crippen LogP contribution in [0.1, 0.15) is 18.9 Å². The Bertz CT molecular complexity index is 556. The van der Waals surface area contributed by atoms with E-state index in [-0.39, 0.29) is 12.1 Å². The monoisotopic (exact) mass is 285 g/mol.